The monoisotopic (exact) mass is 341 g/mol. The van der Waals surface area contributed by atoms with Crippen molar-refractivity contribution >= 4 is 23.5 Å². The van der Waals surface area contributed by atoms with Crippen LogP contribution < -0.4 is 10.6 Å². The van der Waals surface area contributed by atoms with Crippen LogP contribution in [0, 0.1) is 11.8 Å². The molecule has 0 radical (unpaired) electrons. The van der Waals surface area contributed by atoms with Crippen LogP contribution in [0.25, 0.3) is 0 Å². The summed E-state index contributed by atoms with van der Waals surface area (Å²) in [4.78, 5) is 12.9. The van der Waals surface area contributed by atoms with Gasteiger partial charge in [0.2, 0.25) is 17.2 Å². The van der Waals surface area contributed by atoms with Crippen molar-refractivity contribution in [3.8, 4) is 0 Å². The number of hydrogen-bond acceptors (Lipinski definition) is 5. The molecule has 132 valence electrons. The summed E-state index contributed by atoms with van der Waals surface area (Å²) in [5.41, 5.74) is -0.215. The van der Waals surface area contributed by atoms with Crippen LogP contribution in [-0.4, -0.2) is 26.0 Å². The SMILES string of the molecule is CC(C)CC(C)(C)Nc1nc(Cl)nc(NC(C)(C)CC(C)C)n1. The van der Waals surface area contributed by atoms with Crippen molar-refractivity contribution in [2.45, 2.75) is 79.3 Å². The van der Waals surface area contributed by atoms with Crippen LogP contribution in [0.15, 0.2) is 0 Å². The van der Waals surface area contributed by atoms with E-state index in [9.17, 15) is 0 Å². The average molecular weight is 342 g/mol. The summed E-state index contributed by atoms with van der Waals surface area (Å²) in [6.45, 7) is 17.4. The van der Waals surface area contributed by atoms with Crippen LogP contribution in [-0.2, 0) is 0 Å². The van der Waals surface area contributed by atoms with Crippen molar-refractivity contribution in [2.24, 2.45) is 11.8 Å². The Morgan fingerprint density at radius 2 is 1.13 bits per heavy atom. The van der Waals surface area contributed by atoms with Crippen LogP contribution in [0.3, 0.4) is 0 Å². The predicted molar refractivity (Wildman–Crippen MR) is 99.2 cm³/mol. The summed E-state index contributed by atoms with van der Waals surface area (Å²) in [5.74, 6) is 2.19. The van der Waals surface area contributed by atoms with E-state index in [1.165, 1.54) is 0 Å². The van der Waals surface area contributed by atoms with Gasteiger partial charge >= 0.3 is 0 Å². The van der Waals surface area contributed by atoms with Gasteiger partial charge < -0.3 is 10.6 Å². The van der Waals surface area contributed by atoms with E-state index in [0.29, 0.717) is 23.7 Å². The largest absolute Gasteiger partial charge is 0.349 e. The molecular formula is C17H32ClN5. The molecule has 0 aromatic carbocycles. The minimum atomic E-state index is -0.108. The highest BCUT2D eigenvalue weighted by atomic mass is 35.5. The lowest BCUT2D eigenvalue weighted by Crippen LogP contribution is -2.35. The molecule has 0 bridgehead atoms. The smallest absolute Gasteiger partial charge is 0.229 e. The van der Waals surface area contributed by atoms with Crippen LogP contribution >= 0.6 is 11.6 Å². The molecule has 0 aliphatic heterocycles. The third-order valence-corrected chi connectivity index (χ3v) is 3.51. The topological polar surface area (TPSA) is 62.7 Å². The summed E-state index contributed by atoms with van der Waals surface area (Å²) >= 11 is 6.08. The Balaban J connectivity index is 2.91. The Morgan fingerprint density at radius 3 is 1.43 bits per heavy atom. The average Bonchev–Trinajstić information content (AvgIpc) is 2.20. The number of aromatic nitrogens is 3. The molecule has 0 saturated carbocycles. The van der Waals surface area contributed by atoms with Gasteiger partial charge in [-0.1, -0.05) is 27.7 Å². The van der Waals surface area contributed by atoms with Gasteiger partial charge in [0.1, 0.15) is 0 Å². The first-order valence-electron chi connectivity index (χ1n) is 8.36. The van der Waals surface area contributed by atoms with Crippen molar-refractivity contribution in [3.05, 3.63) is 5.28 Å². The maximum Gasteiger partial charge on any atom is 0.229 e. The highest BCUT2D eigenvalue weighted by Gasteiger charge is 2.23. The van der Waals surface area contributed by atoms with Gasteiger partial charge in [-0.25, -0.2) is 0 Å². The van der Waals surface area contributed by atoms with Crippen molar-refractivity contribution in [1.29, 1.82) is 0 Å². The molecule has 0 unspecified atom stereocenters. The molecule has 0 spiro atoms. The molecule has 0 aliphatic rings. The Kier molecular flexibility index (Phi) is 6.63. The van der Waals surface area contributed by atoms with Crippen LogP contribution in [0.1, 0.15) is 68.2 Å². The molecular weight excluding hydrogens is 310 g/mol. The van der Waals surface area contributed by atoms with Gasteiger partial charge in [-0.15, -0.1) is 0 Å². The molecule has 1 rings (SSSR count). The van der Waals surface area contributed by atoms with Gasteiger partial charge in [-0.2, -0.15) is 15.0 Å². The van der Waals surface area contributed by atoms with Gasteiger partial charge in [-0.05, 0) is 64.0 Å². The molecule has 2 N–H and O–H groups in total. The predicted octanol–water partition coefficient (Wildman–Crippen LogP) is 5.00. The summed E-state index contributed by atoms with van der Waals surface area (Å²) in [6.07, 6.45) is 2.02. The number of nitrogens with zero attached hydrogens (tertiary/aromatic N) is 3. The highest BCUT2D eigenvalue weighted by Crippen LogP contribution is 2.24. The van der Waals surface area contributed by atoms with Crippen molar-refractivity contribution in [1.82, 2.24) is 15.0 Å². The number of hydrogen-bond donors (Lipinski definition) is 2. The van der Waals surface area contributed by atoms with E-state index >= 15 is 0 Å². The second kappa shape index (κ2) is 7.65. The van der Waals surface area contributed by atoms with Gasteiger partial charge in [0, 0.05) is 11.1 Å². The third-order valence-electron chi connectivity index (χ3n) is 3.35. The zero-order valence-corrected chi connectivity index (χ0v) is 16.5. The van der Waals surface area contributed by atoms with E-state index in [-0.39, 0.29) is 16.4 Å². The van der Waals surface area contributed by atoms with Crippen LogP contribution in [0.5, 0.6) is 0 Å². The summed E-state index contributed by atoms with van der Waals surface area (Å²) < 4.78 is 0. The summed E-state index contributed by atoms with van der Waals surface area (Å²) in [7, 11) is 0. The Labute approximate surface area is 146 Å². The second-order valence-electron chi connectivity index (χ2n) is 8.47. The maximum absolute atomic E-state index is 6.08. The van der Waals surface area contributed by atoms with Gasteiger partial charge in [0.05, 0.1) is 0 Å². The molecule has 1 aromatic heterocycles. The van der Waals surface area contributed by atoms with Crippen LogP contribution in [0.2, 0.25) is 5.28 Å². The van der Waals surface area contributed by atoms with E-state index in [4.69, 9.17) is 11.6 Å². The minimum absolute atomic E-state index is 0.108. The van der Waals surface area contributed by atoms with E-state index in [1.54, 1.807) is 0 Å². The lowest BCUT2D eigenvalue weighted by atomic mass is 9.93. The Hall–Kier alpha value is -1.10. The van der Waals surface area contributed by atoms with E-state index in [0.717, 1.165) is 12.8 Å². The maximum atomic E-state index is 6.08. The van der Waals surface area contributed by atoms with Gasteiger partial charge in [-0.3, -0.25) is 0 Å². The molecule has 6 heteroatoms. The fraction of sp³-hybridized carbons (Fsp3) is 0.824. The third kappa shape index (κ3) is 7.82. The van der Waals surface area contributed by atoms with Crippen molar-refractivity contribution < 1.29 is 0 Å². The molecule has 23 heavy (non-hydrogen) atoms. The zero-order valence-electron chi connectivity index (χ0n) is 15.8. The van der Waals surface area contributed by atoms with Crippen molar-refractivity contribution in [2.75, 3.05) is 10.6 Å². The summed E-state index contributed by atoms with van der Waals surface area (Å²) in [5, 5.41) is 6.94. The normalized spacial score (nSPS) is 12.8. The molecule has 5 nitrogen and oxygen atoms in total. The van der Waals surface area contributed by atoms with Gasteiger partial charge in [0.25, 0.3) is 0 Å². The molecule has 0 aliphatic carbocycles. The number of halogens is 1. The lowest BCUT2D eigenvalue weighted by Gasteiger charge is -2.30. The first-order chi connectivity index (χ1) is 10.4. The standard InChI is InChI=1S/C17H32ClN5/c1-11(2)9-16(5,6)22-14-19-13(18)20-15(21-14)23-17(7,8)10-12(3)4/h11-12H,9-10H2,1-8H3,(H2,19,20,21,22,23). The van der Waals surface area contributed by atoms with E-state index < -0.39 is 0 Å². The van der Waals surface area contributed by atoms with E-state index in [1.807, 2.05) is 0 Å². The molecule has 1 heterocycles. The zero-order chi connectivity index (χ0) is 17.8. The molecule has 0 fully saturated rings. The Bertz CT molecular complexity index is 469. The Morgan fingerprint density at radius 1 is 0.783 bits per heavy atom. The molecule has 1 aromatic rings. The first-order valence-corrected chi connectivity index (χ1v) is 8.74. The number of nitrogens with one attached hydrogen (secondary N) is 2. The fourth-order valence-electron chi connectivity index (χ4n) is 3.21. The quantitative estimate of drug-likeness (QED) is 0.696. The van der Waals surface area contributed by atoms with E-state index in [2.05, 4.69) is 81.0 Å². The lowest BCUT2D eigenvalue weighted by molar-refractivity contribution is 0.424. The highest BCUT2D eigenvalue weighted by molar-refractivity contribution is 6.28. The fourth-order valence-corrected chi connectivity index (χ4v) is 3.37. The molecule has 0 saturated heterocycles. The van der Waals surface area contributed by atoms with Crippen LogP contribution in [0.4, 0.5) is 11.9 Å². The molecule has 0 atom stereocenters. The number of rotatable bonds is 8. The van der Waals surface area contributed by atoms with Gasteiger partial charge in [0.15, 0.2) is 0 Å². The minimum Gasteiger partial charge on any atom is -0.349 e. The summed E-state index contributed by atoms with van der Waals surface area (Å²) in [6, 6.07) is 0. The molecule has 0 amide bonds. The second-order valence-corrected chi connectivity index (χ2v) is 8.80. The first kappa shape index (κ1) is 19.9. The number of anilines is 2. The van der Waals surface area contributed by atoms with Crippen molar-refractivity contribution in [3.63, 3.8) is 0 Å².